The molecule has 1 N–H and O–H groups in total. The maximum absolute atomic E-state index is 12.5. The molecule has 2 aromatic heterocycles. The SMILES string of the molecule is CCOc1ccc(NC(=O)CN(C)c2nc3c(s2)c(C)nn3-c2cccc(C)c2)cc1. The van der Waals surface area contributed by atoms with Crippen LogP contribution in [0.25, 0.3) is 16.0 Å². The third-order valence-electron chi connectivity index (χ3n) is 4.78. The van der Waals surface area contributed by atoms with E-state index in [1.807, 2.05) is 66.9 Å². The van der Waals surface area contributed by atoms with Crippen LogP contribution in [-0.4, -0.2) is 40.9 Å². The van der Waals surface area contributed by atoms with Crippen molar-refractivity contribution in [1.29, 1.82) is 0 Å². The number of hydrogen-bond donors (Lipinski definition) is 1. The Morgan fingerprint density at radius 1 is 1.19 bits per heavy atom. The molecule has 2 aromatic carbocycles. The molecule has 7 nitrogen and oxygen atoms in total. The highest BCUT2D eigenvalue weighted by Gasteiger charge is 2.18. The number of likely N-dealkylation sites (N-methyl/N-ethyl adjacent to an activating group) is 1. The molecule has 2 heterocycles. The predicted molar refractivity (Wildman–Crippen MR) is 126 cm³/mol. The Labute approximate surface area is 185 Å². The van der Waals surface area contributed by atoms with Gasteiger partial charge < -0.3 is 15.0 Å². The molecule has 0 bridgehead atoms. The topological polar surface area (TPSA) is 72.3 Å². The zero-order chi connectivity index (χ0) is 22.0. The molecule has 0 unspecified atom stereocenters. The number of anilines is 2. The van der Waals surface area contributed by atoms with Crippen molar-refractivity contribution in [1.82, 2.24) is 14.8 Å². The Bertz CT molecular complexity index is 1210. The lowest BCUT2D eigenvalue weighted by molar-refractivity contribution is -0.114. The van der Waals surface area contributed by atoms with E-state index >= 15 is 0 Å². The molecule has 31 heavy (non-hydrogen) atoms. The van der Waals surface area contributed by atoms with E-state index in [9.17, 15) is 4.79 Å². The van der Waals surface area contributed by atoms with Gasteiger partial charge in [0.05, 0.1) is 29.2 Å². The molecule has 0 radical (unpaired) electrons. The molecule has 0 saturated carbocycles. The highest BCUT2D eigenvalue weighted by Crippen LogP contribution is 2.32. The summed E-state index contributed by atoms with van der Waals surface area (Å²) in [5.41, 5.74) is 4.61. The fraction of sp³-hybridized carbons (Fsp3) is 0.261. The van der Waals surface area contributed by atoms with E-state index in [0.717, 1.165) is 43.9 Å². The van der Waals surface area contributed by atoms with Crippen molar-refractivity contribution < 1.29 is 9.53 Å². The number of benzene rings is 2. The van der Waals surface area contributed by atoms with Gasteiger partial charge in [0, 0.05) is 12.7 Å². The number of amides is 1. The van der Waals surface area contributed by atoms with Gasteiger partial charge in [0.2, 0.25) is 5.91 Å². The molecule has 0 fully saturated rings. The van der Waals surface area contributed by atoms with Crippen molar-refractivity contribution >= 4 is 38.4 Å². The number of hydrogen-bond acceptors (Lipinski definition) is 6. The van der Waals surface area contributed by atoms with Crippen molar-refractivity contribution in [3.05, 3.63) is 59.8 Å². The minimum absolute atomic E-state index is 0.108. The summed E-state index contributed by atoms with van der Waals surface area (Å²) >= 11 is 1.54. The lowest BCUT2D eigenvalue weighted by atomic mass is 10.2. The van der Waals surface area contributed by atoms with Crippen LogP contribution in [0.4, 0.5) is 10.8 Å². The normalized spacial score (nSPS) is 11.0. The van der Waals surface area contributed by atoms with Crippen LogP contribution in [0.2, 0.25) is 0 Å². The lowest BCUT2D eigenvalue weighted by Crippen LogP contribution is -2.30. The van der Waals surface area contributed by atoms with Gasteiger partial charge in [-0.2, -0.15) is 10.1 Å². The predicted octanol–water partition coefficient (Wildman–Crippen LogP) is 4.57. The highest BCUT2D eigenvalue weighted by atomic mass is 32.1. The summed E-state index contributed by atoms with van der Waals surface area (Å²) < 4.78 is 8.32. The monoisotopic (exact) mass is 435 g/mol. The van der Waals surface area contributed by atoms with E-state index in [0.29, 0.717) is 6.61 Å². The molecular formula is C23H25N5O2S. The number of nitrogens with zero attached hydrogens (tertiary/aromatic N) is 4. The standard InChI is InChI=1S/C23H25N5O2S/c1-5-30-19-11-9-17(10-12-19)24-20(29)14-27(4)23-25-22-21(31-23)16(3)26-28(22)18-8-6-7-15(2)13-18/h6-13H,5,14H2,1-4H3,(H,24,29). The Hall–Kier alpha value is -3.39. The van der Waals surface area contributed by atoms with Crippen LogP contribution in [0.1, 0.15) is 18.2 Å². The summed E-state index contributed by atoms with van der Waals surface area (Å²) in [6.45, 7) is 6.78. The Morgan fingerprint density at radius 3 is 2.68 bits per heavy atom. The van der Waals surface area contributed by atoms with Crippen LogP contribution < -0.4 is 15.0 Å². The van der Waals surface area contributed by atoms with Crippen molar-refractivity contribution in [3.8, 4) is 11.4 Å². The third-order valence-corrected chi connectivity index (χ3v) is 6.05. The van der Waals surface area contributed by atoms with Gasteiger partial charge in [-0.05, 0) is 62.7 Å². The number of aryl methyl sites for hydroxylation is 2. The number of thiazole rings is 1. The molecule has 0 aliphatic rings. The molecule has 0 aliphatic carbocycles. The van der Waals surface area contributed by atoms with Gasteiger partial charge in [-0.3, -0.25) is 4.79 Å². The molecule has 0 spiro atoms. The summed E-state index contributed by atoms with van der Waals surface area (Å²) in [6.07, 6.45) is 0. The second-order valence-electron chi connectivity index (χ2n) is 7.35. The van der Waals surface area contributed by atoms with Crippen molar-refractivity contribution in [2.45, 2.75) is 20.8 Å². The molecular weight excluding hydrogens is 410 g/mol. The second-order valence-corrected chi connectivity index (χ2v) is 8.32. The van der Waals surface area contributed by atoms with Gasteiger partial charge in [0.1, 0.15) is 5.75 Å². The number of carbonyl (C=O) groups excluding carboxylic acids is 1. The number of ether oxygens (including phenoxy) is 1. The summed E-state index contributed by atoms with van der Waals surface area (Å²) in [5.74, 6) is 0.674. The maximum Gasteiger partial charge on any atom is 0.243 e. The smallest absolute Gasteiger partial charge is 0.243 e. The number of aromatic nitrogens is 3. The average molecular weight is 436 g/mol. The minimum Gasteiger partial charge on any atom is -0.494 e. The minimum atomic E-state index is -0.108. The Balaban J connectivity index is 1.49. The zero-order valence-electron chi connectivity index (χ0n) is 18.0. The second kappa shape index (κ2) is 8.77. The largest absolute Gasteiger partial charge is 0.494 e. The molecule has 0 saturated heterocycles. The van der Waals surface area contributed by atoms with E-state index < -0.39 is 0 Å². The van der Waals surface area contributed by atoms with Gasteiger partial charge in [-0.25, -0.2) is 4.68 Å². The van der Waals surface area contributed by atoms with Crippen LogP contribution in [0.3, 0.4) is 0 Å². The fourth-order valence-corrected chi connectivity index (χ4v) is 4.26. The average Bonchev–Trinajstić information content (AvgIpc) is 3.30. The van der Waals surface area contributed by atoms with Crippen LogP contribution in [0.15, 0.2) is 48.5 Å². The molecule has 160 valence electrons. The van der Waals surface area contributed by atoms with Crippen LogP contribution in [0, 0.1) is 13.8 Å². The number of nitrogens with one attached hydrogen (secondary N) is 1. The fourth-order valence-electron chi connectivity index (χ4n) is 3.31. The first kappa shape index (κ1) is 20.9. The quantitative estimate of drug-likeness (QED) is 0.460. The van der Waals surface area contributed by atoms with Gasteiger partial charge in [0.25, 0.3) is 0 Å². The number of fused-ring (bicyclic) bond motifs is 1. The van der Waals surface area contributed by atoms with Crippen molar-refractivity contribution in [3.63, 3.8) is 0 Å². The van der Waals surface area contributed by atoms with E-state index in [2.05, 4.69) is 29.5 Å². The van der Waals surface area contributed by atoms with Gasteiger partial charge in [-0.15, -0.1) is 0 Å². The lowest BCUT2D eigenvalue weighted by Gasteiger charge is -2.15. The van der Waals surface area contributed by atoms with E-state index in [1.54, 1.807) is 11.3 Å². The van der Waals surface area contributed by atoms with Crippen molar-refractivity contribution in [2.75, 3.05) is 30.4 Å². The first-order chi connectivity index (χ1) is 14.9. The van der Waals surface area contributed by atoms with E-state index in [4.69, 9.17) is 9.72 Å². The van der Waals surface area contributed by atoms with Gasteiger partial charge in [-0.1, -0.05) is 23.5 Å². The van der Waals surface area contributed by atoms with Gasteiger partial charge >= 0.3 is 0 Å². The first-order valence-corrected chi connectivity index (χ1v) is 10.9. The molecule has 4 aromatic rings. The molecule has 4 rings (SSSR count). The Kier molecular flexibility index (Phi) is 5.90. The molecule has 0 aliphatic heterocycles. The molecule has 1 amide bonds. The molecule has 0 atom stereocenters. The summed E-state index contributed by atoms with van der Waals surface area (Å²) in [6, 6.07) is 15.5. The highest BCUT2D eigenvalue weighted by molar-refractivity contribution is 7.22. The first-order valence-electron chi connectivity index (χ1n) is 10.1. The van der Waals surface area contributed by atoms with Crippen LogP contribution >= 0.6 is 11.3 Å². The number of carbonyl (C=O) groups is 1. The number of rotatable bonds is 7. The summed E-state index contributed by atoms with van der Waals surface area (Å²) in [4.78, 5) is 19.2. The Morgan fingerprint density at radius 2 is 1.97 bits per heavy atom. The van der Waals surface area contributed by atoms with Crippen LogP contribution in [-0.2, 0) is 4.79 Å². The maximum atomic E-state index is 12.5. The van der Waals surface area contributed by atoms with E-state index in [1.165, 1.54) is 0 Å². The van der Waals surface area contributed by atoms with E-state index in [-0.39, 0.29) is 12.5 Å². The summed E-state index contributed by atoms with van der Waals surface area (Å²) in [5, 5.41) is 8.35. The van der Waals surface area contributed by atoms with Crippen LogP contribution in [0.5, 0.6) is 5.75 Å². The zero-order valence-corrected chi connectivity index (χ0v) is 18.9. The van der Waals surface area contributed by atoms with Gasteiger partial charge in [0.15, 0.2) is 10.8 Å². The molecule has 8 heteroatoms. The van der Waals surface area contributed by atoms with Crippen molar-refractivity contribution in [2.24, 2.45) is 0 Å². The third kappa shape index (κ3) is 4.54. The summed E-state index contributed by atoms with van der Waals surface area (Å²) in [7, 11) is 1.87.